The maximum Gasteiger partial charge on any atom is 0.175 e. The molecule has 3 nitrogen and oxygen atoms in total. The van der Waals surface area contributed by atoms with Crippen molar-refractivity contribution >= 4 is 12.4 Å². The highest BCUT2D eigenvalue weighted by Crippen LogP contribution is 2.28. The Morgan fingerprint density at radius 2 is 2.21 bits per heavy atom. The number of nitrogens with one attached hydrogen (secondary N) is 1. The van der Waals surface area contributed by atoms with Crippen molar-refractivity contribution in [1.29, 1.82) is 0 Å². The van der Waals surface area contributed by atoms with Crippen LogP contribution in [0.5, 0.6) is 0 Å². The van der Waals surface area contributed by atoms with E-state index < -0.39 is 5.72 Å². The van der Waals surface area contributed by atoms with Crippen LogP contribution in [0, 0.1) is 6.92 Å². The number of hydrogen-bond acceptors (Lipinski definition) is 3. The Kier molecular flexibility index (Phi) is 3.24. The van der Waals surface area contributed by atoms with Gasteiger partial charge >= 0.3 is 0 Å². The van der Waals surface area contributed by atoms with Crippen LogP contribution in [-0.2, 0) is 10.5 Å². The molecule has 2 heterocycles. The second-order valence-corrected chi connectivity index (χ2v) is 3.80. The third-order valence-corrected chi connectivity index (χ3v) is 2.35. The summed E-state index contributed by atoms with van der Waals surface area (Å²) in [5.41, 5.74) is -0.437. The third-order valence-electron chi connectivity index (χ3n) is 2.35. The summed E-state index contributed by atoms with van der Waals surface area (Å²) in [6.07, 6.45) is 0. The van der Waals surface area contributed by atoms with Crippen LogP contribution in [-0.4, -0.2) is 12.6 Å². The molecule has 1 N–H and O–H groups in total. The third kappa shape index (κ3) is 1.95. The topological polar surface area (TPSA) is 34.4 Å². The first-order valence-corrected chi connectivity index (χ1v) is 4.59. The van der Waals surface area contributed by atoms with Gasteiger partial charge in [-0.2, -0.15) is 0 Å². The minimum atomic E-state index is -0.437. The molecule has 0 saturated carbocycles. The van der Waals surface area contributed by atoms with Crippen molar-refractivity contribution in [2.24, 2.45) is 0 Å². The Morgan fingerprint density at radius 1 is 1.50 bits per heavy atom. The quantitative estimate of drug-likeness (QED) is 0.783. The van der Waals surface area contributed by atoms with E-state index in [0.29, 0.717) is 6.04 Å². The molecule has 0 spiro atoms. The van der Waals surface area contributed by atoms with E-state index in [1.54, 1.807) is 0 Å². The van der Waals surface area contributed by atoms with Crippen molar-refractivity contribution in [2.75, 3.05) is 6.61 Å². The van der Waals surface area contributed by atoms with Crippen molar-refractivity contribution in [1.82, 2.24) is 5.32 Å². The summed E-state index contributed by atoms with van der Waals surface area (Å²) in [6, 6.07) is 4.30. The van der Waals surface area contributed by atoms with Gasteiger partial charge in [0.25, 0.3) is 0 Å². The maximum atomic E-state index is 5.65. The number of rotatable bonds is 1. The highest BCUT2D eigenvalue weighted by atomic mass is 35.5. The standard InChI is InChI=1S/C10H15NO2.ClH/c1-7-6-12-10(3,11-7)9-5-4-8(2)13-9;/h4-5,7,11H,6H2,1-3H3;1H. The normalized spacial score (nSPS) is 31.5. The van der Waals surface area contributed by atoms with Gasteiger partial charge in [0, 0.05) is 6.04 Å². The van der Waals surface area contributed by atoms with Crippen LogP contribution in [0.4, 0.5) is 0 Å². The van der Waals surface area contributed by atoms with Gasteiger partial charge < -0.3 is 9.15 Å². The van der Waals surface area contributed by atoms with Crippen molar-refractivity contribution in [3.05, 3.63) is 23.7 Å². The van der Waals surface area contributed by atoms with Crippen molar-refractivity contribution in [3.63, 3.8) is 0 Å². The molecule has 1 aliphatic rings. The predicted octanol–water partition coefficient (Wildman–Crippen LogP) is 2.19. The predicted molar refractivity (Wildman–Crippen MR) is 56.6 cm³/mol. The maximum absolute atomic E-state index is 5.65. The second kappa shape index (κ2) is 3.93. The fourth-order valence-corrected chi connectivity index (χ4v) is 1.68. The first-order chi connectivity index (χ1) is 6.10. The molecule has 0 amide bonds. The monoisotopic (exact) mass is 217 g/mol. The molecule has 1 saturated heterocycles. The van der Waals surface area contributed by atoms with E-state index in [2.05, 4.69) is 12.2 Å². The molecule has 1 fully saturated rings. The van der Waals surface area contributed by atoms with Gasteiger partial charge in [-0.25, -0.2) is 0 Å². The minimum absolute atomic E-state index is 0. The molecule has 1 aromatic rings. The van der Waals surface area contributed by atoms with Crippen LogP contribution in [0.2, 0.25) is 0 Å². The molecule has 14 heavy (non-hydrogen) atoms. The van der Waals surface area contributed by atoms with Gasteiger partial charge in [-0.15, -0.1) is 12.4 Å². The van der Waals surface area contributed by atoms with Gasteiger partial charge in [-0.05, 0) is 32.9 Å². The summed E-state index contributed by atoms with van der Waals surface area (Å²) in [7, 11) is 0. The molecule has 80 valence electrons. The van der Waals surface area contributed by atoms with Crippen LogP contribution >= 0.6 is 12.4 Å². The van der Waals surface area contributed by atoms with Gasteiger partial charge in [0.1, 0.15) is 5.76 Å². The highest BCUT2D eigenvalue weighted by Gasteiger charge is 2.37. The minimum Gasteiger partial charge on any atom is -0.462 e. The zero-order valence-electron chi connectivity index (χ0n) is 8.66. The number of aryl methyl sites for hydroxylation is 1. The summed E-state index contributed by atoms with van der Waals surface area (Å²) < 4.78 is 11.2. The Balaban J connectivity index is 0.000000980. The summed E-state index contributed by atoms with van der Waals surface area (Å²) in [6.45, 7) is 6.76. The smallest absolute Gasteiger partial charge is 0.175 e. The Labute approximate surface area is 90.2 Å². The van der Waals surface area contributed by atoms with Gasteiger partial charge in [-0.1, -0.05) is 0 Å². The second-order valence-electron chi connectivity index (χ2n) is 3.80. The molecular formula is C10H16ClNO2. The van der Waals surface area contributed by atoms with E-state index >= 15 is 0 Å². The van der Waals surface area contributed by atoms with E-state index in [0.717, 1.165) is 18.1 Å². The number of ether oxygens (including phenoxy) is 1. The fourth-order valence-electron chi connectivity index (χ4n) is 1.68. The SMILES string of the molecule is Cc1ccc(C2(C)NC(C)CO2)o1.Cl. The van der Waals surface area contributed by atoms with Crippen LogP contribution in [0.1, 0.15) is 25.4 Å². The van der Waals surface area contributed by atoms with Gasteiger partial charge in [-0.3, -0.25) is 5.32 Å². The summed E-state index contributed by atoms with van der Waals surface area (Å²) in [5, 5.41) is 3.34. The number of hydrogen-bond donors (Lipinski definition) is 1. The summed E-state index contributed by atoms with van der Waals surface area (Å²) in [5.74, 6) is 1.77. The number of furan rings is 1. The molecule has 2 rings (SSSR count). The Morgan fingerprint density at radius 3 is 2.64 bits per heavy atom. The van der Waals surface area contributed by atoms with Crippen LogP contribution in [0.25, 0.3) is 0 Å². The Bertz CT molecular complexity index is 313. The van der Waals surface area contributed by atoms with E-state index in [1.165, 1.54) is 0 Å². The van der Waals surface area contributed by atoms with E-state index in [4.69, 9.17) is 9.15 Å². The van der Waals surface area contributed by atoms with Crippen molar-refractivity contribution in [2.45, 2.75) is 32.5 Å². The first-order valence-electron chi connectivity index (χ1n) is 4.59. The van der Waals surface area contributed by atoms with Gasteiger partial charge in [0.15, 0.2) is 11.5 Å². The lowest BCUT2D eigenvalue weighted by Gasteiger charge is -2.21. The average Bonchev–Trinajstić information content (AvgIpc) is 2.60. The molecule has 0 radical (unpaired) electrons. The highest BCUT2D eigenvalue weighted by molar-refractivity contribution is 5.85. The zero-order chi connectivity index (χ0) is 9.47. The van der Waals surface area contributed by atoms with E-state index in [9.17, 15) is 0 Å². The average molecular weight is 218 g/mol. The van der Waals surface area contributed by atoms with Crippen LogP contribution in [0.3, 0.4) is 0 Å². The van der Waals surface area contributed by atoms with E-state index in [-0.39, 0.29) is 12.4 Å². The van der Waals surface area contributed by atoms with Crippen LogP contribution in [0.15, 0.2) is 16.5 Å². The molecular weight excluding hydrogens is 202 g/mol. The summed E-state index contributed by atoms with van der Waals surface area (Å²) in [4.78, 5) is 0. The van der Waals surface area contributed by atoms with Crippen molar-refractivity contribution < 1.29 is 9.15 Å². The summed E-state index contributed by atoms with van der Waals surface area (Å²) >= 11 is 0. The first kappa shape index (κ1) is 11.6. The molecule has 1 aliphatic heterocycles. The van der Waals surface area contributed by atoms with Gasteiger partial charge in [0.2, 0.25) is 0 Å². The number of halogens is 1. The molecule has 2 unspecified atom stereocenters. The molecule has 1 aromatic heterocycles. The zero-order valence-corrected chi connectivity index (χ0v) is 9.48. The molecule has 0 aromatic carbocycles. The lowest BCUT2D eigenvalue weighted by Crippen LogP contribution is -2.37. The molecule has 4 heteroatoms. The van der Waals surface area contributed by atoms with Crippen molar-refractivity contribution in [3.8, 4) is 0 Å². The Hall–Kier alpha value is -0.510. The van der Waals surface area contributed by atoms with E-state index in [1.807, 2.05) is 26.0 Å². The fraction of sp³-hybridized carbons (Fsp3) is 0.600. The largest absolute Gasteiger partial charge is 0.462 e. The lowest BCUT2D eigenvalue weighted by atomic mass is 10.2. The molecule has 0 aliphatic carbocycles. The van der Waals surface area contributed by atoms with Gasteiger partial charge in [0.05, 0.1) is 6.61 Å². The van der Waals surface area contributed by atoms with Crippen LogP contribution < -0.4 is 5.32 Å². The molecule has 0 bridgehead atoms. The lowest BCUT2D eigenvalue weighted by molar-refractivity contribution is -0.0158. The molecule has 2 atom stereocenters.